The molecule has 0 spiro atoms. The summed E-state index contributed by atoms with van der Waals surface area (Å²) >= 11 is 5.88. The van der Waals surface area contributed by atoms with Gasteiger partial charge in [0, 0.05) is 35.8 Å². The van der Waals surface area contributed by atoms with Crippen molar-refractivity contribution in [3.63, 3.8) is 0 Å². The lowest BCUT2D eigenvalue weighted by atomic mass is 10.0. The van der Waals surface area contributed by atoms with Crippen LogP contribution in [0.4, 0.5) is 5.69 Å². The molecule has 2 atom stereocenters. The van der Waals surface area contributed by atoms with Gasteiger partial charge in [-0.05, 0) is 30.9 Å². The first-order valence-corrected chi connectivity index (χ1v) is 6.76. The van der Waals surface area contributed by atoms with E-state index in [1.165, 1.54) is 12.1 Å². The number of nitro groups is 1. The summed E-state index contributed by atoms with van der Waals surface area (Å²) in [6.45, 7) is 0.563. The lowest BCUT2D eigenvalue weighted by Gasteiger charge is -2.19. The number of hydrogen-bond donors (Lipinski definition) is 2. The van der Waals surface area contributed by atoms with Gasteiger partial charge in [-0.2, -0.15) is 0 Å². The summed E-state index contributed by atoms with van der Waals surface area (Å²) in [6, 6.07) is 4.80. The van der Waals surface area contributed by atoms with Crippen molar-refractivity contribution in [3.8, 4) is 0 Å². The van der Waals surface area contributed by atoms with Crippen LogP contribution in [0.1, 0.15) is 24.8 Å². The summed E-state index contributed by atoms with van der Waals surface area (Å²) in [5.74, 6) is 0.248. The quantitative estimate of drug-likeness (QED) is 0.643. The summed E-state index contributed by atoms with van der Waals surface area (Å²) in [5.41, 5.74) is 0.663. The van der Waals surface area contributed by atoms with Crippen LogP contribution in [0.5, 0.6) is 0 Å². The molecule has 0 heterocycles. The van der Waals surface area contributed by atoms with Crippen LogP contribution in [0.2, 0.25) is 5.02 Å². The number of hydrogen-bond acceptors (Lipinski definition) is 4. The average molecular weight is 285 g/mol. The van der Waals surface area contributed by atoms with Crippen molar-refractivity contribution in [2.24, 2.45) is 5.92 Å². The molecule has 0 saturated heterocycles. The zero-order valence-corrected chi connectivity index (χ0v) is 11.3. The smallest absolute Gasteiger partial charge is 0.273 e. The van der Waals surface area contributed by atoms with Crippen LogP contribution in [-0.2, 0) is 6.54 Å². The summed E-state index contributed by atoms with van der Waals surface area (Å²) in [4.78, 5) is 10.5. The first kappa shape index (κ1) is 14.2. The molecule has 19 heavy (non-hydrogen) atoms. The second kappa shape index (κ2) is 6.32. The molecule has 1 fully saturated rings. The lowest BCUT2D eigenvalue weighted by molar-refractivity contribution is -0.385. The first-order valence-electron chi connectivity index (χ1n) is 6.39. The van der Waals surface area contributed by atoms with Crippen molar-refractivity contribution in [3.05, 3.63) is 38.9 Å². The maximum atomic E-state index is 10.9. The van der Waals surface area contributed by atoms with E-state index in [4.69, 9.17) is 11.6 Å². The second-order valence-electron chi connectivity index (χ2n) is 4.89. The molecule has 1 aliphatic rings. The van der Waals surface area contributed by atoms with Crippen LogP contribution in [0, 0.1) is 16.0 Å². The van der Waals surface area contributed by atoms with Gasteiger partial charge in [-0.3, -0.25) is 10.1 Å². The molecule has 2 N–H and O–H groups in total. The Labute approximate surface area is 116 Å². The predicted molar refractivity (Wildman–Crippen MR) is 73.2 cm³/mol. The van der Waals surface area contributed by atoms with Crippen molar-refractivity contribution >= 4 is 17.3 Å². The molecular weight excluding hydrogens is 268 g/mol. The molecule has 1 aromatic carbocycles. The molecule has 1 aromatic rings. The fraction of sp³-hybridized carbons (Fsp3) is 0.538. The molecule has 2 rings (SSSR count). The van der Waals surface area contributed by atoms with Gasteiger partial charge in [-0.25, -0.2) is 0 Å². The van der Waals surface area contributed by atoms with Crippen molar-refractivity contribution in [1.82, 2.24) is 5.32 Å². The Morgan fingerprint density at radius 2 is 2.26 bits per heavy atom. The zero-order chi connectivity index (χ0) is 13.8. The van der Waals surface area contributed by atoms with Gasteiger partial charge in [0.15, 0.2) is 0 Å². The Balaban J connectivity index is 2.06. The normalized spacial score (nSPS) is 22.6. The molecule has 0 aromatic heterocycles. The van der Waals surface area contributed by atoms with Crippen molar-refractivity contribution in [2.75, 3.05) is 6.61 Å². The van der Waals surface area contributed by atoms with Gasteiger partial charge < -0.3 is 10.4 Å². The van der Waals surface area contributed by atoms with Gasteiger partial charge in [-0.1, -0.05) is 18.0 Å². The minimum Gasteiger partial charge on any atom is -0.396 e. The third-order valence-electron chi connectivity index (χ3n) is 3.69. The molecule has 0 bridgehead atoms. The highest BCUT2D eigenvalue weighted by atomic mass is 35.5. The van der Waals surface area contributed by atoms with Gasteiger partial charge in [-0.15, -0.1) is 0 Å². The largest absolute Gasteiger partial charge is 0.396 e. The van der Waals surface area contributed by atoms with E-state index in [1.54, 1.807) is 6.07 Å². The fourth-order valence-electron chi connectivity index (χ4n) is 2.64. The third-order valence-corrected chi connectivity index (χ3v) is 3.92. The van der Waals surface area contributed by atoms with Crippen LogP contribution in [-0.4, -0.2) is 22.7 Å². The molecule has 0 aliphatic heterocycles. The number of benzene rings is 1. The highest BCUT2D eigenvalue weighted by Gasteiger charge is 2.26. The minimum absolute atomic E-state index is 0.0791. The van der Waals surface area contributed by atoms with E-state index in [1.807, 2.05) is 0 Å². The maximum absolute atomic E-state index is 10.9. The van der Waals surface area contributed by atoms with E-state index < -0.39 is 4.92 Å². The minimum atomic E-state index is -0.397. The molecule has 6 heteroatoms. The summed E-state index contributed by atoms with van der Waals surface area (Å²) in [7, 11) is 0. The van der Waals surface area contributed by atoms with E-state index in [-0.39, 0.29) is 24.3 Å². The van der Waals surface area contributed by atoms with Crippen LogP contribution in [0.3, 0.4) is 0 Å². The van der Waals surface area contributed by atoms with E-state index >= 15 is 0 Å². The van der Waals surface area contributed by atoms with E-state index in [2.05, 4.69) is 5.32 Å². The Bertz CT molecular complexity index is 467. The Kier molecular flexibility index (Phi) is 4.74. The number of nitrogens with one attached hydrogen (secondary N) is 1. The van der Waals surface area contributed by atoms with Crippen LogP contribution < -0.4 is 5.32 Å². The van der Waals surface area contributed by atoms with E-state index in [0.29, 0.717) is 17.1 Å². The maximum Gasteiger partial charge on any atom is 0.273 e. The van der Waals surface area contributed by atoms with Crippen LogP contribution in [0.15, 0.2) is 18.2 Å². The highest BCUT2D eigenvalue weighted by Crippen LogP contribution is 2.27. The summed E-state index contributed by atoms with van der Waals surface area (Å²) in [6.07, 6.45) is 3.09. The standard InChI is InChI=1S/C13H17ClN2O3/c14-11-4-5-13(16(18)19)10(6-11)7-15-12-3-1-2-9(12)8-17/h4-6,9,12,15,17H,1-3,7-8H2. The number of aliphatic hydroxyl groups is 1. The lowest BCUT2D eigenvalue weighted by Crippen LogP contribution is -2.33. The Morgan fingerprint density at radius 3 is 2.95 bits per heavy atom. The van der Waals surface area contributed by atoms with Crippen LogP contribution in [0.25, 0.3) is 0 Å². The second-order valence-corrected chi connectivity index (χ2v) is 5.33. The average Bonchev–Trinajstić information content (AvgIpc) is 2.83. The zero-order valence-electron chi connectivity index (χ0n) is 10.5. The topological polar surface area (TPSA) is 75.4 Å². The number of halogens is 1. The molecule has 1 saturated carbocycles. The molecule has 104 valence electrons. The van der Waals surface area contributed by atoms with Gasteiger partial charge in [0.1, 0.15) is 0 Å². The molecule has 2 unspecified atom stereocenters. The number of nitro benzene ring substituents is 1. The Hall–Kier alpha value is -1.17. The van der Waals surface area contributed by atoms with Gasteiger partial charge in [0.05, 0.1) is 4.92 Å². The SMILES string of the molecule is O=[N+]([O-])c1ccc(Cl)cc1CNC1CCCC1CO. The third kappa shape index (κ3) is 3.43. The first-order chi connectivity index (χ1) is 9.11. The number of nitrogens with zero attached hydrogens (tertiary/aromatic N) is 1. The molecule has 0 amide bonds. The Morgan fingerprint density at radius 1 is 1.47 bits per heavy atom. The van der Waals surface area contributed by atoms with Crippen LogP contribution >= 0.6 is 11.6 Å². The molecule has 5 nitrogen and oxygen atoms in total. The monoisotopic (exact) mass is 284 g/mol. The van der Waals surface area contributed by atoms with Crippen molar-refractivity contribution in [2.45, 2.75) is 31.8 Å². The van der Waals surface area contributed by atoms with Crippen molar-refractivity contribution in [1.29, 1.82) is 0 Å². The number of aliphatic hydroxyl groups excluding tert-OH is 1. The summed E-state index contributed by atoms with van der Waals surface area (Å²) in [5, 5.41) is 24.0. The highest BCUT2D eigenvalue weighted by molar-refractivity contribution is 6.30. The van der Waals surface area contributed by atoms with Gasteiger partial charge in [0.2, 0.25) is 0 Å². The van der Waals surface area contributed by atoms with Crippen molar-refractivity contribution < 1.29 is 10.0 Å². The van der Waals surface area contributed by atoms with Gasteiger partial charge >= 0.3 is 0 Å². The van der Waals surface area contributed by atoms with E-state index in [0.717, 1.165) is 19.3 Å². The number of rotatable bonds is 5. The predicted octanol–water partition coefficient (Wildman–Crippen LogP) is 2.50. The molecule has 0 radical (unpaired) electrons. The molecule has 1 aliphatic carbocycles. The molecular formula is C13H17ClN2O3. The van der Waals surface area contributed by atoms with Gasteiger partial charge in [0.25, 0.3) is 5.69 Å². The van der Waals surface area contributed by atoms with E-state index in [9.17, 15) is 15.2 Å². The summed E-state index contributed by atoms with van der Waals surface area (Å²) < 4.78 is 0. The fourth-order valence-corrected chi connectivity index (χ4v) is 2.83.